The van der Waals surface area contributed by atoms with E-state index in [-0.39, 0.29) is 51.8 Å². The Labute approximate surface area is 239 Å². The number of benzene rings is 2. The van der Waals surface area contributed by atoms with Gasteiger partial charge in [-0.2, -0.15) is 0 Å². The van der Waals surface area contributed by atoms with Crippen molar-refractivity contribution in [2.24, 2.45) is 0 Å². The first-order valence-corrected chi connectivity index (χ1v) is 13.9. The van der Waals surface area contributed by atoms with Crippen LogP contribution < -0.4 is 23.7 Å². The molecule has 0 spiro atoms. The van der Waals surface area contributed by atoms with E-state index in [1.807, 2.05) is 0 Å². The minimum atomic E-state index is -4.25. The summed E-state index contributed by atoms with van der Waals surface area (Å²) in [5.41, 5.74) is 1.28. The third-order valence-electron chi connectivity index (χ3n) is 6.41. The lowest BCUT2D eigenvalue weighted by Gasteiger charge is -2.23. The molecule has 222 valence electrons. The molecule has 13 nitrogen and oxygen atoms in total. The first-order valence-electron chi connectivity index (χ1n) is 12.4. The number of rotatable bonds is 10. The Morgan fingerprint density at radius 1 is 0.976 bits per heavy atom. The number of para-hydroxylation sites is 1. The Hall–Kier alpha value is -4.57. The summed E-state index contributed by atoms with van der Waals surface area (Å²) in [6, 6.07) is 8.92. The van der Waals surface area contributed by atoms with E-state index in [2.05, 4.69) is 34.4 Å². The third kappa shape index (κ3) is 5.37. The number of anilines is 1. The molecule has 0 bridgehead atoms. The van der Waals surface area contributed by atoms with E-state index in [0.717, 1.165) is 5.56 Å². The molecule has 0 unspecified atom stereocenters. The topological polar surface area (TPSA) is 149 Å². The maximum atomic E-state index is 13.7. The Morgan fingerprint density at radius 3 is 2.24 bits per heavy atom. The number of hydrogen-bond donors (Lipinski definition) is 1. The van der Waals surface area contributed by atoms with Gasteiger partial charge in [-0.05, 0) is 49.7 Å². The number of methoxy groups -OCH3 is 3. The van der Waals surface area contributed by atoms with Crippen molar-refractivity contribution < 1.29 is 40.9 Å². The van der Waals surface area contributed by atoms with Crippen LogP contribution in [0.5, 0.6) is 23.0 Å². The van der Waals surface area contributed by atoms with Gasteiger partial charge in [0.25, 0.3) is 0 Å². The van der Waals surface area contributed by atoms with Crippen molar-refractivity contribution in [3.63, 3.8) is 0 Å². The average Bonchev–Trinajstić information content (AvgIpc) is 3.51. The fourth-order valence-corrected chi connectivity index (χ4v) is 5.46. The van der Waals surface area contributed by atoms with Crippen LogP contribution in [0.4, 0.5) is 14.7 Å². The standard InChI is InChI=1S/C26H26F2N6O7S/c1-14-12-29-23(30-13-14)22(39-5)15(2)42(35,36)33-25-32-31-24(16-9-10-17-20(11-16)41-26(27,28)40-17)34(25)21-18(37-3)7-6-8-19(21)38-4/h6-13,15,22H,1-5H3,(H,32,33)/t15-,22-/m0/s1. The van der Waals surface area contributed by atoms with Crippen LogP contribution in [0.3, 0.4) is 0 Å². The number of nitrogens with one attached hydrogen (secondary N) is 1. The van der Waals surface area contributed by atoms with Crippen molar-refractivity contribution in [1.29, 1.82) is 0 Å². The van der Waals surface area contributed by atoms with Gasteiger partial charge in [-0.1, -0.05) is 6.07 Å². The maximum absolute atomic E-state index is 13.7. The van der Waals surface area contributed by atoms with Crippen molar-refractivity contribution in [3.8, 4) is 40.1 Å². The predicted molar refractivity (Wildman–Crippen MR) is 145 cm³/mol. The summed E-state index contributed by atoms with van der Waals surface area (Å²) in [5, 5.41) is 7.08. The molecule has 4 aromatic rings. The van der Waals surface area contributed by atoms with Gasteiger partial charge in [0.1, 0.15) is 28.5 Å². The van der Waals surface area contributed by atoms with Crippen LogP contribution in [0.1, 0.15) is 24.4 Å². The second-order valence-corrected chi connectivity index (χ2v) is 11.2. The number of fused-ring (bicyclic) bond motifs is 1. The van der Waals surface area contributed by atoms with Crippen LogP contribution in [0.2, 0.25) is 0 Å². The minimum Gasteiger partial charge on any atom is -0.494 e. The number of halogens is 2. The Morgan fingerprint density at radius 2 is 1.62 bits per heavy atom. The summed E-state index contributed by atoms with van der Waals surface area (Å²) in [7, 11) is -0.0631. The van der Waals surface area contributed by atoms with E-state index in [1.165, 1.54) is 51.0 Å². The monoisotopic (exact) mass is 604 g/mol. The Kier molecular flexibility index (Phi) is 7.59. The van der Waals surface area contributed by atoms with Crippen LogP contribution in [-0.4, -0.2) is 66.0 Å². The van der Waals surface area contributed by atoms with Crippen LogP contribution >= 0.6 is 0 Å². The van der Waals surface area contributed by atoms with Crippen LogP contribution in [0.25, 0.3) is 17.1 Å². The molecular weight excluding hydrogens is 578 g/mol. The van der Waals surface area contributed by atoms with Gasteiger partial charge in [0, 0.05) is 25.1 Å². The molecule has 0 radical (unpaired) electrons. The second kappa shape index (κ2) is 11.0. The van der Waals surface area contributed by atoms with E-state index in [9.17, 15) is 17.2 Å². The largest absolute Gasteiger partial charge is 0.586 e. The van der Waals surface area contributed by atoms with Gasteiger partial charge in [-0.3, -0.25) is 9.29 Å². The second-order valence-electron chi connectivity index (χ2n) is 9.15. The molecule has 2 aromatic heterocycles. The number of alkyl halides is 2. The van der Waals surface area contributed by atoms with Gasteiger partial charge in [-0.25, -0.2) is 18.4 Å². The molecule has 2 atom stereocenters. The lowest BCUT2D eigenvalue weighted by molar-refractivity contribution is -0.286. The maximum Gasteiger partial charge on any atom is 0.586 e. The summed E-state index contributed by atoms with van der Waals surface area (Å²) >= 11 is 0. The van der Waals surface area contributed by atoms with Crippen molar-refractivity contribution in [2.45, 2.75) is 31.5 Å². The SMILES string of the molecule is COc1cccc(OC)c1-n1c(NS(=O)(=O)[C@@H](C)[C@H](OC)c2ncc(C)cn2)nnc1-c1ccc2c(c1)OC(F)(F)O2. The van der Waals surface area contributed by atoms with Gasteiger partial charge >= 0.3 is 6.29 Å². The van der Waals surface area contributed by atoms with Crippen LogP contribution in [-0.2, 0) is 14.8 Å². The molecule has 0 saturated heterocycles. The highest BCUT2D eigenvalue weighted by molar-refractivity contribution is 7.93. The highest BCUT2D eigenvalue weighted by atomic mass is 32.2. The molecule has 1 N–H and O–H groups in total. The lowest BCUT2D eigenvalue weighted by atomic mass is 10.1. The molecule has 16 heteroatoms. The van der Waals surface area contributed by atoms with E-state index >= 15 is 0 Å². The smallest absolute Gasteiger partial charge is 0.494 e. The third-order valence-corrected chi connectivity index (χ3v) is 8.10. The van der Waals surface area contributed by atoms with Gasteiger partial charge in [-0.15, -0.1) is 19.0 Å². The summed E-state index contributed by atoms with van der Waals surface area (Å²) in [6.07, 6.45) is -1.76. The molecule has 0 saturated carbocycles. The first kappa shape index (κ1) is 28.9. The van der Waals surface area contributed by atoms with E-state index < -0.39 is 27.7 Å². The molecule has 1 aliphatic heterocycles. The molecule has 0 aliphatic carbocycles. The number of hydrogen-bond acceptors (Lipinski definition) is 11. The zero-order valence-electron chi connectivity index (χ0n) is 23.0. The van der Waals surface area contributed by atoms with Crippen molar-refractivity contribution in [3.05, 3.63) is 60.2 Å². The van der Waals surface area contributed by atoms with E-state index in [4.69, 9.17) is 14.2 Å². The number of aromatic nitrogens is 5. The summed E-state index contributed by atoms with van der Waals surface area (Å²) in [5.74, 6) is 0.112. The highest BCUT2D eigenvalue weighted by Gasteiger charge is 2.43. The van der Waals surface area contributed by atoms with Gasteiger partial charge in [0.05, 0.1) is 14.2 Å². The number of nitrogens with zero attached hydrogens (tertiary/aromatic N) is 5. The molecule has 0 fully saturated rings. The zero-order valence-corrected chi connectivity index (χ0v) is 23.8. The van der Waals surface area contributed by atoms with E-state index in [0.29, 0.717) is 0 Å². The van der Waals surface area contributed by atoms with Crippen molar-refractivity contribution >= 4 is 16.0 Å². The quantitative estimate of drug-likeness (QED) is 0.281. The lowest BCUT2D eigenvalue weighted by Crippen LogP contribution is -2.33. The number of sulfonamides is 1. The van der Waals surface area contributed by atoms with Gasteiger partial charge < -0.3 is 23.7 Å². The minimum absolute atomic E-state index is 0.0509. The Bertz CT molecular complexity index is 1690. The molecule has 3 heterocycles. The molecule has 0 amide bonds. The van der Waals surface area contributed by atoms with Gasteiger partial charge in [0.2, 0.25) is 16.0 Å². The van der Waals surface area contributed by atoms with Crippen molar-refractivity contribution in [2.75, 3.05) is 26.1 Å². The molecule has 1 aliphatic rings. The predicted octanol–water partition coefficient (Wildman–Crippen LogP) is 3.89. The van der Waals surface area contributed by atoms with Gasteiger partial charge in [0.15, 0.2) is 23.1 Å². The fourth-order valence-electron chi connectivity index (χ4n) is 4.33. The summed E-state index contributed by atoms with van der Waals surface area (Å²) < 4.78 is 84.3. The van der Waals surface area contributed by atoms with Crippen LogP contribution in [0, 0.1) is 6.92 Å². The molecule has 5 rings (SSSR count). The Balaban J connectivity index is 1.62. The summed E-state index contributed by atoms with van der Waals surface area (Å²) in [4.78, 5) is 8.43. The van der Waals surface area contributed by atoms with E-state index in [1.54, 1.807) is 37.5 Å². The molecule has 42 heavy (non-hydrogen) atoms. The highest BCUT2D eigenvalue weighted by Crippen LogP contribution is 2.44. The number of aryl methyl sites for hydroxylation is 1. The average molecular weight is 605 g/mol. The first-order chi connectivity index (χ1) is 20.0. The molecular formula is C26H26F2N6O7S. The molecule has 2 aromatic carbocycles. The number of ether oxygens (including phenoxy) is 5. The zero-order chi connectivity index (χ0) is 30.2. The fraction of sp³-hybridized carbons (Fsp3) is 0.308. The summed E-state index contributed by atoms with van der Waals surface area (Å²) in [6.45, 7) is 3.23. The van der Waals surface area contributed by atoms with Crippen molar-refractivity contribution in [1.82, 2.24) is 24.7 Å². The van der Waals surface area contributed by atoms with Crippen LogP contribution in [0.15, 0.2) is 48.8 Å². The normalized spacial score (nSPS) is 15.2.